The lowest BCUT2D eigenvalue weighted by Gasteiger charge is -2.39. The van der Waals surface area contributed by atoms with E-state index in [9.17, 15) is 9.59 Å². The van der Waals surface area contributed by atoms with Gasteiger partial charge in [-0.2, -0.15) is 11.3 Å². The Morgan fingerprint density at radius 1 is 1.15 bits per heavy atom. The lowest BCUT2D eigenvalue weighted by molar-refractivity contribution is -0.123. The van der Waals surface area contributed by atoms with E-state index in [1.807, 2.05) is 36.4 Å². The summed E-state index contributed by atoms with van der Waals surface area (Å²) in [5, 5.41) is 17.3. The van der Waals surface area contributed by atoms with Crippen LogP contribution >= 0.6 is 22.9 Å². The molecule has 0 radical (unpaired) electrons. The van der Waals surface area contributed by atoms with Crippen molar-refractivity contribution in [3.8, 4) is 0 Å². The van der Waals surface area contributed by atoms with E-state index in [2.05, 4.69) is 44.6 Å². The van der Waals surface area contributed by atoms with Gasteiger partial charge in [0.15, 0.2) is 0 Å². The third kappa shape index (κ3) is 7.24. The van der Waals surface area contributed by atoms with E-state index in [0.717, 1.165) is 56.1 Å². The highest BCUT2D eigenvalue weighted by molar-refractivity contribution is 7.08. The van der Waals surface area contributed by atoms with Gasteiger partial charge in [-0.3, -0.25) is 14.9 Å². The van der Waals surface area contributed by atoms with Gasteiger partial charge >= 0.3 is 0 Å². The molecule has 3 aromatic rings. The number of carbonyl (C=O) groups is 2. The minimum absolute atomic E-state index is 0.0713. The number of rotatable bonds is 10. The van der Waals surface area contributed by atoms with Crippen LogP contribution in [0.5, 0.6) is 0 Å². The molecular weight excluding hydrogens is 540 g/mol. The number of fused-ring (bicyclic) bond motifs is 1. The Bertz CT molecular complexity index is 1290. The van der Waals surface area contributed by atoms with Crippen molar-refractivity contribution in [3.05, 3.63) is 69.4 Å². The molecule has 2 aromatic carbocycles. The van der Waals surface area contributed by atoms with Crippen LogP contribution in [0.15, 0.2) is 53.2 Å². The number of thiophene rings is 1. The van der Waals surface area contributed by atoms with Crippen molar-refractivity contribution < 1.29 is 9.59 Å². The normalized spacial score (nSPS) is 22.9. The molecule has 3 N–H and O–H groups in total. The predicted molar refractivity (Wildman–Crippen MR) is 165 cm³/mol. The number of likely N-dealkylation sites (tertiary alicyclic amines) is 1. The van der Waals surface area contributed by atoms with E-state index < -0.39 is 5.54 Å². The maximum atomic E-state index is 13.4. The van der Waals surface area contributed by atoms with Crippen LogP contribution in [-0.4, -0.2) is 61.0 Å². The fraction of sp³-hybridized carbons (Fsp3) is 0.500. The van der Waals surface area contributed by atoms with E-state index in [1.54, 1.807) is 11.3 Å². The van der Waals surface area contributed by atoms with Crippen LogP contribution < -0.4 is 16.0 Å². The van der Waals surface area contributed by atoms with Crippen LogP contribution in [0, 0.1) is 0 Å². The minimum Gasteiger partial charge on any atom is -0.355 e. The van der Waals surface area contributed by atoms with Crippen LogP contribution in [0.1, 0.15) is 73.7 Å². The molecule has 0 unspecified atom stereocenters. The molecule has 0 bridgehead atoms. The first kappa shape index (κ1) is 29.1. The third-order valence-corrected chi connectivity index (χ3v) is 9.62. The van der Waals surface area contributed by atoms with Crippen LogP contribution in [-0.2, 0) is 4.79 Å². The molecule has 2 amide bonds. The number of hydrogen-bond donors (Lipinski definition) is 3. The largest absolute Gasteiger partial charge is 0.355 e. The highest BCUT2D eigenvalue weighted by Gasteiger charge is 2.39. The summed E-state index contributed by atoms with van der Waals surface area (Å²) in [6, 6.07) is 13.3. The number of hydrogen-bond acceptors (Lipinski definition) is 5. The van der Waals surface area contributed by atoms with Crippen molar-refractivity contribution >= 4 is 45.5 Å². The van der Waals surface area contributed by atoms with E-state index in [4.69, 9.17) is 11.6 Å². The zero-order valence-electron chi connectivity index (χ0n) is 23.4. The zero-order valence-corrected chi connectivity index (χ0v) is 25.0. The van der Waals surface area contributed by atoms with Crippen molar-refractivity contribution in [2.75, 3.05) is 32.7 Å². The van der Waals surface area contributed by atoms with Crippen molar-refractivity contribution in [1.29, 1.82) is 0 Å². The summed E-state index contributed by atoms with van der Waals surface area (Å²) in [5.74, 6) is 0.314. The molecule has 0 saturated carbocycles. The Labute approximate surface area is 246 Å². The van der Waals surface area contributed by atoms with Gasteiger partial charge in [0.2, 0.25) is 5.91 Å². The molecule has 2 saturated heterocycles. The summed E-state index contributed by atoms with van der Waals surface area (Å²) >= 11 is 7.87. The molecule has 2 aliphatic heterocycles. The van der Waals surface area contributed by atoms with E-state index in [-0.39, 0.29) is 17.9 Å². The summed E-state index contributed by atoms with van der Waals surface area (Å²) in [7, 11) is 0. The van der Waals surface area contributed by atoms with Gasteiger partial charge in [0.25, 0.3) is 5.91 Å². The van der Waals surface area contributed by atoms with Crippen LogP contribution in [0.25, 0.3) is 10.8 Å². The van der Waals surface area contributed by atoms with Gasteiger partial charge in [0.05, 0.1) is 6.04 Å². The van der Waals surface area contributed by atoms with E-state index in [1.165, 1.54) is 24.8 Å². The first-order valence-electron chi connectivity index (χ1n) is 14.7. The maximum Gasteiger partial charge on any atom is 0.251 e. The molecule has 0 spiro atoms. The number of nitrogens with one attached hydrogen (secondary N) is 3. The molecule has 214 valence electrons. The van der Waals surface area contributed by atoms with Gasteiger partial charge in [0, 0.05) is 35.8 Å². The Hall–Kier alpha value is -2.45. The number of nitrogens with zero attached hydrogens (tertiary/aromatic N) is 1. The molecular formula is C32H41ClN4O2S. The SMILES string of the molecule is CC[C@H](C[C@@]1(CNC(=O)c2ccc3cc(Cl)ccc3c2)CCNC(=O)[C@H](CCN2CCCCC2)N1)c1ccsc1. The Morgan fingerprint density at radius 2 is 1.95 bits per heavy atom. The zero-order chi connectivity index (χ0) is 28.0. The lowest BCUT2D eigenvalue weighted by atomic mass is 9.80. The fourth-order valence-corrected chi connectivity index (χ4v) is 7.24. The van der Waals surface area contributed by atoms with Gasteiger partial charge < -0.3 is 15.5 Å². The van der Waals surface area contributed by atoms with E-state index in [0.29, 0.717) is 29.6 Å². The molecule has 8 heteroatoms. The first-order valence-corrected chi connectivity index (χ1v) is 16.0. The van der Waals surface area contributed by atoms with Gasteiger partial charge in [0.1, 0.15) is 0 Å². The average Bonchev–Trinajstić information content (AvgIpc) is 3.46. The molecule has 3 atom stereocenters. The number of carbonyl (C=O) groups excluding carboxylic acids is 2. The molecule has 40 heavy (non-hydrogen) atoms. The molecule has 5 rings (SSSR count). The van der Waals surface area contributed by atoms with Crippen molar-refractivity contribution in [2.45, 2.75) is 69.4 Å². The molecule has 3 heterocycles. The number of halogens is 1. The molecule has 0 aliphatic carbocycles. The quantitative estimate of drug-likeness (QED) is 0.277. The van der Waals surface area contributed by atoms with Crippen LogP contribution in [0.3, 0.4) is 0 Å². The van der Waals surface area contributed by atoms with Gasteiger partial charge in [-0.1, -0.05) is 37.1 Å². The molecule has 1 aromatic heterocycles. The van der Waals surface area contributed by atoms with Crippen LogP contribution in [0.4, 0.5) is 0 Å². The summed E-state index contributed by atoms with van der Waals surface area (Å²) in [4.78, 5) is 29.1. The van der Waals surface area contributed by atoms with Gasteiger partial charge in [-0.05, 0) is 115 Å². The topological polar surface area (TPSA) is 73.5 Å². The smallest absolute Gasteiger partial charge is 0.251 e. The summed E-state index contributed by atoms with van der Waals surface area (Å²) < 4.78 is 0. The Kier molecular flexibility index (Phi) is 9.79. The standard InChI is InChI=1S/C32H41ClN4O2S/c1-2-23(27-11-17-40-21-27)20-32(12-13-34-31(39)29(36-32)10-16-37-14-4-3-5-15-37)22-35-30(38)26-7-6-25-19-28(33)9-8-24(25)18-26/h6-9,11,17-19,21,23,29,36H,2-5,10,12-16,20,22H2,1H3,(H,34,39)(H,35,38)/t23-,29+,32-/m1/s1. The van der Waals surface area contributed by atoms with Crippen molar-refractivity contribution in [3.63, 3.8) is 0 Å². The van der Waals surface area contributed by atoms with Gasteiger partial charge in [-0.15, -0.1) is 0 Å². The Morgan fingerprint density at radius 3 is 2.73 bits per heavy atom. The van der Waals surface area contributed by atoms with Crippen molar-refractivity contribution in [2.24, 2.45) is 0 Å². The number of amides is 2. The average molecular weight is 581 g/mol. The second-order valence-corrected chi connectivity index (χ2v) is 12.7. The fourth-order valence-electron chi connectivity index (χ4n) is 6.31. The lowest BCUT2D eigenvalue weighted by Crippen LogP contribution is -2.59. The predicted octanol–water partition coefficient (Wildman–Crippen LogP) is 5.96. The number of benzene rings is 2. The molecule has 6 nitrogen and oxygen atoms in total. The second-order valence-electron chi connectivity index (χ2n) is 11.5. The maximum absolute atomic E-state index is 13.4. The summed E-state index contributed by atoms with van der Waals surface area (Å²) in [6.07, 6.45) is 7.16. The van der Waals surface area contributed by atoms with Crippen LogP contribution in [0.2, 0.25) is 5.02 Å². The minimum atomic E-state index is -0.408. The van der Waals surface area contributed by atoms with Gasteiger partial charge in [-0.25, -0.2) is 0 Å². The highest BCUT2D eigenvalue weighted by atomic mass is 35.5. The summed E-state index contributed by atoms with van der Waals surface area (Å²) in [6.45, 7) is 6.42. The van der Waals surface area contributed by atoms with Crippen molar-refractivity contribution in [1.82, 2.24) is 20.9 Å². The second kappa shape index (κ2) is 13.5. The molecule has 2 fully saturated rings. The monoisotopic (exact) mass is 580 g/mol. The Balaban J connectivity index is 1.35. The summed E-state index contributed by atoms with van der Waals surface area (Å²) in [5.41, 5.74) is 1.55. The third-order valence-electron chi connectivity index (χ3n) is 8.68. The highest BCUT2D eigenvalue weighted by Crippen LogP contribution is 2.33. The molecule has 2 aliphatic rings. The van der Waals surface area contributed by atoms with E-state index >= 15 is 0 Å². The number of piperidine rings is 1. The first-order chi connectivity index (χ1) is 19.4.